The largest absolute Gasteiger partial charge is 0.456 e. The first-order valence-electron chi connectivity index (χ1n) is 5.87. The lowest BCUT2D eigenvalue weighted by molar-refractivity contribution is 0.472. The summed E-state index contributed by atoms with van der Waals surface area (Å²) in [6, 6.07) is 9.73. The molecule has 0 heterocycles. The molecule has 0 fully saturated rings. The van der Waals surface area contributed by atoms with Gasteiger partial charge in [-0.2, -0.15) is 0 Å². The molecule has 2 rings (SSSR count). The van der Waals surface area contributed by atoms with Crippen molar-refractivity contribution in [1.29, 1.82) is 5.41 Å². The molecule has 3 nitrogen and oxygen atoms in total. The van der Waals surface area contributed by atoms with Crippen LogP contribution in [0.2, 0.25) is 0 Å². The van der Waals surface area contributed by atoms with Crippen LogP contribution in [-0.2, 0) is 0 Å². The Morgan fingerprint density at radius 1 is 1.16 bits per heavy atom. The number of rotatable bonds is 3. The maximum atomic E-state index is 13.1. The zero-order chi connectivity index (χ0) is 14.0. The van der Waals surface area contributed by atoms with Crippen LogP contribution < -0.4 is 10.5 Å². The number of hydrogen-bond donors (Lipinski definition) is 2. The van der Waals surface area contributed by atoms with E-state index in [0.29, 0.717) is 22.6 Å². The van der Waals surface area contributed by atoms with E-state index in [1.54, 1.807) is 19.1 Å². The van der Waals surface area contributed by atoms with Gasteiger partial charge in [0, 0.05) is 0 Å². The Hall–Kier alpha value is -2.36. The van der Waals surface area contributed by atoms with Gasteiger partial charge in [-0.3, -0.25) is 5.41 Å². The Morgan fingerprint density at radius 3 is 2.53 bits per heavy atom. The second-order valence-electron chi connectivity index (χ2n) is 4.38. The molecule has 19 heavy (non-hydrogen) atoms. The lowest BCUT2D eigenvalue weighted by atomic mass is 10.1. The van der Waals surface area contributed by atoms with Crippen LogP contribution in [-0.4, -0.2) is 5.84 Å². The third-order valence-corrected chi connectivity index (χ3v) is 2.85. The monoisotopic (exact) mass is 258 g/mol. The average Bonchev–Trinajstić information content (AvgIpc) is 2.34. The Balaban J connectivity index is 2.46. The van der Waals surface area contributed by atoms with Gasteiger partial charge in [-0.15, -0.1) is 0 Å². The Bertz CT molecular complexity index is 638. The lowest BCUT2D eigenvalue weighted by Crippen LogP contribution is -2.13. The third-order valence-electron chi connectivity index (χ3n) is 2.85. The van der Waals surface area contributed by atoms with Crippen LogP contribution in [0.5, 0.6) is 11.5 Å². The molecule has 0 aliphatic rings. The first-order valence-corrected chi connectivity index (χ1v) is 5.87. The van der Waals surface area contributed by atoms with E-state index in [0.717, 1.165) is 5.56 Å². The quantitative estimate of drug-likeness (QED) is 0.653. The predicted octanol–water partition coefficient (Wildman–Crippen LogP) is 3.52. The molecule has 0 saturated carbocycles. The van der Waals surface area contributed by atoms with Crippen molar-refractivity contribution in [2.24, 2.45) is 5.73 Å². The molecule has 2 aromatic rings. The van der Waals surface area contributed by atoms with Crippen LogP contribution >= 0.6 is 0 Å². The zero-order valence-electron chi connectivity index (χ0n) is 10.8. The summed E-state index contributed by atoms with van der Waals surface area (Å²) in [6.45, 7) is 3.64. The van der Waals surface area contributed by atoms with Crippen molar-refractivity contribution in [2.45, 2.75) is 13.8 Å². The van der Waals surface area contributed by atoms with Gasteiger partial charge in [0.05, 0.1) is 5.56 Å². The van der Waals surface area contributed by atoms with E-state index < -0.39 is 0 Å². The fourth-order valence-electron chi connectivity index (χ4n) is 1.84. The summed E-state index contributed by atoms with van der Waals surface area (Å²) in [5.74, 6) is 0.725. The highest BCUT2D eigenvalue weighted by molar-refractivity contribution is 5.98. The van der Waals surface area contributed by atoms with Crippen LogP contribution in [0.4, 0.5) is 4.39 Å². The summed E-state index contributed by atoms with van der Waals surface area (Å²) < 4.78 is 18.9. The maximum absolute atomic E-state index is 13.1. The number of para-hydroxylation sites is 1. The van der Waals surface area contributed by atoms with Crippen LogP contribution in [0, 0.1) is 25.1 Å². The number of halogens is 1. The Kier molecular flexibility index (Phi) is 3.51. The van der Waals surface area contributed by atoms with Gasteiger partial charge in [-0.05, 0) is 49.2 Å². The molecular formula is C15H15FN2O. The number of ether oxygens (including phenoxy) is 1. The van der Waals surface area contributed by atoms with Crippen molar-refractivity contribution in [2.75, 3.05) is 0 Å². The van der Waals surface area contributed by atoms with E-state index in [-0.39, 0.29) is 11.7 Å². The van der Waals surface area contributed by atoms with Crippen LogP contribution in [0.3, 0.4) is 0 Å². The van der Waals surface area contributed by atoms with E-state index in [9.17, 15) is 4.39 Å². The summed E-state index contributed by atoms with van der Waals surface area (Å²) in [4.78, 5) is 0. The van der Waals surface area contributed by atoms with E-state index in [4.69, 9.17) is 15.9 Å². The van der Waals surface area contributed by atoms with Crippen molar-refractivity contribution in [3.63, 3.8) is 0 Å². The van der Waals surface area contributed by atoms with E-state index in [1.165, 1.54) is 12.1 Å². The molecule has 0 bridgehead atoms. The number of aryl methyl sites for hydroxylation is 2. The second kappa shape index (κ2) is 5.10. The van der Waals surface area contributed by atoms with Gasteiger partial charge >= 0.3 is 0 Å². The molecule has 0 spiro atoms. The van der Waals surface area contributed by atoms with Gasteiger partial charge in [-0.25, -0.2) is 4.39 Å². The molecule has 0 saturated heterocycles. The SMILES string of the molecule is Cc1cc(F)ccc1Oc1c(C)cccc1C(=N)N. The van der Waals surface area contributed by atoms with Crippen molar-refractivity contribution in [3.05, 3.63) is 58.9 Å². The van der Waals surface area contributed by atoms with Gasteiger partial charge in [0.2, 0.25) is 0 Å². The normalized spacial score (nSPS) is 10.3. The molecule has 3 N–H and O–H groups in total. The molecule has 0 aromatic heterocycles. The number of nitrogens with two attached hydrogens (primary N) is 1. The molecule has 98 valence electrons. The molecule has 4 heteroatoms. The highest BCUT2D eigenvalue weighted by Crippen LogP contribution is 2.30. The van der Waals surface area contributed by atoms with Crippen molar-refractivity contribution in [3.8, 4) is 11.5 Å². The molecule has 0 unspecified atom stereocenters. The van der Waals surface area contributed by atoms with Crippen LogP contribution in [0.15, 0.2) is 36.4 Å². The van der Waals surface area contributed by atoms with Crippen molar-refractivity contribution >= 4 is 5.84 Å². The summed E-state index contributed by atoms with van der Waals surface area (Å²) in [7, 11) is 0. The first kappa shape index (κ1) is 13.1. The summed E-state index contributed by atoms with van der Waals surface area (Å²) in [5, 5.41) is 7.56. The average molecular weight is 258 g/mol. The Labute approximate surface area is 111 Å². The summed E-state index contributed by atoms with van der Waals surface area (Å²) in [5.41, 5.74) is 7.64. The molecule has 2 aromatic carbocycles. The van der Waals surface area contributed by atoms with Crippen LogP contribution in [0.25, 0.3) is 0 Å². The number of nitrogen functional groups attached to an aromatic ring is 1. The predicted molar refractivity (Wildman–Crippen MR) is 73.4 cm³/mol. The zero-order valence-corrected chi connectivity index (χ0v) is 10.8. The fraction of sp³-hybridized carbons (Fsp3) is 0.133. The minimum absolute atomic E-state index is 0.0570. The highest BCUT2D eigenvalue weighted by Gasteiger charge is 2.12. The number of amidine groups is 1. The molecule has 0 radical (unpaired) electrons. The van der Waals surface area contributed by atoms with Crippen LogP contribution in [0.1, 0.15) is 16.7 Å². The molecule has 0 atom stereocenters. The summed E-state index contributed by atoms with van der Waals surface area (Å²) in [6.07, 6.45) is 0. The minimum atomic E-state index is -0.304. The maximum Gasteiger partial charge on any atom is 0.141 e. The van der Waals surface area contributed by atoms with Crippen molar-refractivity contribution in [1.82, 2.24) is 0 Å². The molecular weight excluding hydrogens is 243 g/mol. The number of benzene rings is 2. The van der Waals surface area contributed by atoms with Gasteiger partial charge in [0.1, 0.15) is 23.2 Å². The Morgan fingerprint density at radius 2 is 1.89 bits per heavy atom. The van der Waals surface area contributed by atoms with Gasteiger partial charge < -0.3 is 10.5 Å². The summed E-state index contributed by atoms with van der Waals surface area (Å²) >= 11 is 0. The molecule has 0 amide bonds. The third kappa shape index (κ3) is 2.73. The smallest absolute Gasteiger partial charge is 0.141 e. The van der Waals surface area contributed by atoms with E-state index in [2.05, 4.69) is 0 Å². The molecule has 0 aliphatic heterocycles. The van der Waals surface area contributed by atoms with E-state index >= 15 is 0 Å². The minimum Gasteiger partial charge on any atom is -0.456 e. The number of nitrogens with one attached hydrogen (secondary N) is 1. The lowest BCUT2D eigenvalue weighted by Gasteiger charge is -2.14. The standard InChI is InChI=1S/C15H15FN2O/c1-9-4-3-5-12(15(17)18)14(9)19-13-7-6-11(16)8-10(13)2/h3-8H,1-2H3,(H3,17,18). The van der Waals surface area contributed by atoms with Gasteiger partial charge in [-0.1, -0.05) is 12.1 Å². The molecule has 0 aliphatic carbocycles. The fourth-order valence-corrected chi connectivity index (χ4v) is 1.84. The first-order chi connectivity index (χ1) is 8.99. The topological polar surface area (TPSA) is 59.1 Å². The van der Waals surface area contributed by atoms with E-state index in [1.807, 2.05) is 19.1 Å². The van der Waals surface area contributed by atoms with Gasteiger partial charge in [0.15, 0.2) is 0 Å². The van der Waals surface area contributed by atoms with Gasteiger partial charge in [0.25, 0.3) is 0 Å². The number of hydrogen-bond acceptors (Lipinski definition) is 2. The second-order valence-corrected chi connectivity index (χ2v) is 4.38. The highest BCUT2D eigenvalue weighted by atomic mass is 19.1. The van der Waals surface area contributed by atoms with Crippen molar-refractivity contribution < 1.29 is 9.13 Å².